The largest absolute Gasteiger partial charge is 0.446 e. The van der Waals surface area contributed by atoms with Gasteiger partial charge < -0.3 is 10.5 Å². The summed E-state index contributed by atoms with van der Waals surface area (Å²) in [5, 5.41) is 0. The number of hydrogen-bond donors (Lipinski definition) is 1. The summed E-state index contributed by atoms with van der Waals surface area (Å²) in [6.45, 7) is 2.25. The number of rotatable bonds is 4. The summed E-state index contributed by atoms with van der Waals surface area (Å²) >= 11 is 0. The maximum atomic E-state index is 13.6. The molecule has 0 saturated carbocycles. The fourth-order valence-electron chi connectivity index (χ4n) is 2.16. The van der Waals surface area contributed by atoms with E-state index in [1.807, 2.05) is 0 Å². The molecule has 1 aliphatic heterocycles. The molecule has 0 saturated heterocycles. The number of ether oxygens (including phenoxy) is 1. The monoisotopic (exact) mass is 280 g/mol. The molecule has 0 unspecified atom stereocenters. The number of hydrogen-bond acceptors (Lipinski definition) is 3. The standard InChI is InChI=1S/C14H17FN2O3/c1-9(5-6-13(16)18)20-14(19)17-7-10-3-2-4-12(15)11(10)8-17/h2-4,9H,5-8H2,1H3,(H2,16,18)/t9-/m0/s1. The molecule has 0 spiro atoms. The maximum absolute atomic E-state index is 13.6. The fraction of sp³-hybridized carbons (Fsp3) is 0.429. The van der Waals surface area contributed by atoms with E-state index < -0.39 is 18.1 Å². The van der Waals surface area contributed by atoms with Gasteiger partial charge in [0.1, 0.15) is 11.9 Å². The molecule has 1 aromatic carbocycles. The Balaban J connectivity index is 1.90. The third kappa shape index (κ3) is 3.26. The topological polar surface area (TPSA) is 72.6 Å². The van der Waals surface area contributed by atoms with Crippen LogP contribution in [0.3, 0.4) is 0 Å². The molecule has 0 aromatic heterocycles. The number of fused-ring (bicyclic) bond motifs is 1. The lowest BCUT2D eigenvalue weighted by molar-refractivity contribution is -0.118. The van der Waals surface area contributed by atoms with Gasteiger partial charge in [0.2, 0.25) is 5.91 Å². The number of amides is 2. The minimum absolute atomic E-state index is 0.170. The van der Waals surface area contributed by atoms with Gasteiger partial charge in [-0.15, -0.1) is 0 Å². The second-order valence-electron chi connectivity index (χ2n) is 4.93. The number of primary amides is 1. The van der Waals surface area contributed by atoms with Crippen LogP contribution in [0.5, 0.6) is 0 Å². The molecule has 0 aliphatic carbocycles. The van der Waals surface area contributed by atoms with Crippen molar-refractivity contribution in [2.24, 2.45) is 5.73 Å². The van der Waals surface area contributed by atoms with Crippen LogP contribution in [-0.4, -0.2) is 23.0 Å². The van der Waals surface area contributed by atoms with Crippen LogP contribution in [0.4, 0.5) is 9.18 Å². The molecule has 1 heterocycles. The SMILES string of the molecule is C[C@@H](CCC(N)=O)OC(=O)N1Cc2cccc(F)c2C1. The zero-order valence-electron chi connectivity index (χ0n) is 11.3. The molecule has 5 nitrogen and oxygen atoms in total. The van der Waals surface area contributed by atoms with E-state index >= 15 is 0 Å². The highest BCUT2D eigenvalue weighted by Crippen LogP contribution is 2.25. The Morgan fingerprint density at radius 1 is 1.45 bits per heavy atom. The average Bonchev–Trinajstić information content (AvgIpc) is 2.82. The van der Waals surface area contributed by atoms with Crippen molar-refractivity contribution in [3.8, 4) is 0 Å². The molecule has 6 heteroatoms. The Hall–Kier alpha value is -2.11. The summed E-state index contributed by atoms with van der Waals surface area (Å²) in [4.78, 5) is 24.0. The number of carbonyl (C=O) groups excluding carboxylic acids is 2. The smallest absolute Gasteiger partial charge is 0.410 e. The molecule has 0 fully saturated rings. The molecule has 20 heavy (non-hydrogen) atoms. The van der Waals surface area contributed by atoms with Crippen molar-refractivity contribution < 1.29 is 18.7 Å². The molecule has 2 N–H and O–H groups in total. The highest BCUT2D eigenvalue weighted by Gasteiger charge is 2.27. The van der Waals surface area contributed by atoms with Gasteiger partial charge in [-0.25, -0.2) is 9.18 Å². The summed E-state index contributed by atoms with van der Waals surface area (Å²) in [5.74, 6) is -0.733. The number of halogens is 1. The van der Waals surface area contributed by atoms with Gasteiger partial charge in [0.05, 0.1) is 6.54 Å². The Bertz CT molecular complexity index is 533. The summed E-state index contributed by atoms with van der Waals surface area (Å²) in [7, 11) is 0. The minimum Gasteiger partial charge on any atom is -0.446 e. The van der Waals surface area contributed by atoms with Gasteiger partial charge >= 0.3 is 6.09 Å². The first-order chi connectivity index (χ1) is 9.47. The van der Waals surface area contributed by atoms with E-state index in [4.69, 9.17) is 10.5 Å². The van der Waals surface area contributed by atoms with Crippen molar-refractivity contribution in [3.63, 3.8) is 0 Å². The molecule has 2 rings (SSSR count). The van der Waals surface area contributed by atoms with Crippen LogP contribution in [0.1, 0.15) is 30.9 Å². The summed E-state index contributed by atoms with van der Waals surface area (Å²) in [6.07, 6.45) is -0.347. The lowest BCUT2D eigenvalue weighted by Gasteiger charge is -2.19. The number of nitrogens with zero attached hydrogens (tertiary/aromatic N) is 1. The van der Waals surface area contributed by atoms with Crippen molar-refractivity contribution in [1.29, 1.82) is 0 Å². The zero-order chi connectivity index (χ0) is 14.7. The quantitative estimate of drug-likeness (QED) is 0.916. The molecule has 1 atom stereocenters. The molecule has 108 valence electrons. The Labute approximate surface area is 116 Å². The minimum atomic E-state index is -0.502. The van der Waals surface area contributed by atoms with E-state index in [1.165, 1.54) is 11.0 Å². The number of carbonyl (C=O) groups is 2. The van der Waals surface area contributed by atoms with E-state index in [9.17, 15) is 14.0 Å². The first-order valence-electron chi connectivity index (χ1n) is 6.47. The van der Waals surface area contributed by atoms with Crippen LogP contribution in [0.2, 0.25) is 0 Å². The first-order valence-corrected chi connectivity index (χ1v) is 6.47. The second kappa shape index (κ2) is 5.90. The molecule has 0 bridgehead atoms. The summed E-state index contributed by atoms with van der Waals surface area (Å²) < 4.78 is 18.8. The molecular formula is C14H17FN2O3. The average molecular weight is 280 g/mol. The van der Waals surface area contributed by atoms with Crippen molar-refractivity contribution in [1.82, 2.24) is 4.90 Å². The lowest BCUT2D eigenvalue weighted by Crippen LogP contribution is -2.29. The van der Waals surface area contributed by atoms with E-state index in [2.05, 4.69) is 0 Å². The maximum Gasteiger partial charge on any atom is 0.410 e. The van der Waals surface area contributed by atoms with E-state index in [0.717, 1.165) is 5.56 Å². The Kier molecular flexibility index (Phi) is 4.22. The molecule has 1 aliphatic rings. The molecular weight excluding hydrogens is 263 g/mol. The third-order valence-electron chi connectivity index (χ3n) is 3.28. The highest BCUT2D eigenvalue weighted by atomic mass is 19.1. The van der Waals surface area contributed by atoms with Gasteiger partial charge in [-0.3, -0.25) is 9.69 Å². The van der Waals surface area contributed by atoms with Crippen LogP contribution in [0, 0.1) is 5.82 Å². The fourth-order valence-corrected chi connectivity index (χ4v) is 2.16. The molecule has 0 radical (unpaired) electrons. The normalized spacial score (nSPS) is 14.8. The van der Waals surface area contributed by atoms with Crippen molar-refractivity contribution in [3.05, 3.63) is 35.1 Å². The number of benzene rings is 1. The number of nitrogens with two attached hydrogens (primary N) is 1. The van der Waals surface area contributed by atoms with Crippen LogP contribution < -0.4 is 5.73 Å². The predicted octanol–water partition coefficient (Wildman–Crippen LogP) is 1.93. The van der Waals surface area contributed by atoms with Crippen LogP contribution in [0.15, 0.2) is 18.2 Å². The van der Waals surface area contributed by atoms with E-state index in [0.29, 0.717) is 18.5 Å². The van der Waals surface area contributed by atoms with Crippen LogP contribution in [-0.2, 0) is 22.6 Å². The van der Waals surface area contributed by atoms with E-state index in [-0.39, 0.29) is 18.8 Å². The summed E-state index contributed by atoms with van der Waals surface area (Å²) in [5.41, 5.74) is 6.37. The predicted molar refractivity (Wildman–Crippen MR) is 70.0 cm³/mol. The molecule has 2 amide bonds. The van der Waals surface area contributed by atoms with Gasteiger partial charge in [0, 0.05) is 18.5 Å². The van der Waals surface area contributed by atoms with Gasteiger partial charge in [-0.1, -0.05) is 12.1 Å². The Morgan fingerprint density at radius 3 is 2.85 bits per heavy atom. The second-order valence-corrected chi connectivity index (χ2v) is 4.93. The van der Waals surface area contributed by atoms with Gasteiger partial charge in [-0.2, -0.15) is 0 Å². The summed E-state index contributed by atoms with van der Waals surface area (Å²) in [6, 6.07) is 4.80. The van der Waals surface area contributed by atoms with Crippen LogP contribution >= 0.6 is 0 Å². The van der Waals surface area contributed by atoms with Crippen LogP contribution in [0.25, 0.3) is 0 Å². The Morgan fingerprint density at radius 2 is 2.20 bits per heavy atom. The van der Waals surface area contributed by atoms with Gasteiger partial charge in [0.15, 0.2) is 0 Å². The zero-order valence-corrected chi connectivity index (χ0v) is 11.3. The molecule has 1 aromatic rings. The highest BCUT2D eigenvalue weighted by molar-refractivity contribution is 5.73. The lowest BCUT2D eigenvalue weighted by atomic mass is 10.1. The van der Waals surface area contributed by atoms with E-state index in [1.54, 1.807) is 19.1 Å². The van der Waals surface area contributed by atoms with Gasteiger partial charge in [0.25, 0.3) is 0 Å². The van der Waals surface area contributed by atoms with Crippen molar-refractivity contribution in [2.45, 2.75) is 39.0 Å². The van der Waals surface area contributed by atoms with Gasteiger partial charge in [-0.05, 0) is 25.0 Å². The first kappa shape index (κ1) is 14.3. The third-order valence-corrected chi connectivity index (χ3v) is 3.28. The van der Waals surface area contributed by atoms with Crippen molar-refractivity contribution in [2.75, 3.05) is 0 Å². The van der Waals surface area contributed by atoms with Crippen molar-refractivity contribution >= 4 is 12.0 Å².